The van der Waals surface area contributed by atoms with E-state index in [9.17, 15) is 9.90 Å². The Kier molecular flexibility index (Phi) is 4.83. The molecule has 22 heavy (non-hydrogen) atoms. The fraction of sp³-hybridized carbons (Fsp3) is 0.250. The lowest BCUT2D eigenvalue weighted by molar-refractivity contribution is -0.116. The molecule has 1 aromatic heterocycles. The second kappa shape index (κ2) is 6.80. The number of amides is 1. The number of benzene rings is 1. The Labute approximate surface area is 128 Å². The molecule has 2 rings (SSSR count). The van der Waals surface area contributed by atoms with Gasteiger partial charge in [0.2, 0.25) is 11.8 Å². The number of nitrogens with one attached hydrogen (secondary N) is 1. The van der Waals surface area contributed by atoms with Gasteiger partial charge in [-0.05, 0) is 30.2 Å². The number of ether oxygens (including phenoxy) is 1. The van der Waals surface area contributed by atoms with E-state index in [0.717, 1.165) is 5.56 Å². The van der Waals surface area contributed by atoms with Crippen LogP contribution in [0.2, 0.25) is 0 Å². The maximum Gasteiger partial charge on any atom is 0.236 e. The Morgan fingerprint density at radius 2 is 2.14 bits per heavy atom. The largest absolute Gasteiger partial charge is 0.508 e. The van der Waals surface area contributed by atoms with Crippen LogP contribution in [0.1, 0.15) is 25.3 Å². The number of carbonyl (C=O) groups excluding carboxylic acids is 1. The molecule has 4 N–H and O–H groups in total. The lowest BCUT2D eigenvalue weighted by Gasteiger charge is -2.12. The average molecular weight is 301 g/mol. The molecule has 0 aliphatic heterocycles. The van der Waals surface area contributed by atoms with Gasteiger partial charge in [0.05, 0.1) is 6.54 Å². The van der Waals surface area contributed by atoms with E-state index in [4.69, 9.17) is 10.5 Å². The van der Waals surface area contributed by atoms with Crippen LogP contribution in [0.3, 0.4) is 0 Å². The average Bonchev–Trinajstić information content (AvgIpc) is 2.47. The third-order valence-electron chi connectivity index (χ3n) is 3.01. The van der Waals surface area contributed by atoms with Gasteiger partial charge in [-0.15, -0.1) is 0 Å². The summed E-state index contributed by atoms with van der Waals surface area (Å²) in [5, 5.41) is 12.6. The number of nitrogens with zero attached hydrogens (tertiary/aromatic N) is 1. The van der Waals surface area contributed by atoms with Crippen molar-refractivity contribution in [3.8, 4) is 17.4 Å². The number of aromatic hydroxyl groups is 1. The number of phenols is 1. The molecule has 0 radical (unpaired) electrons. The predicted octanol–water partition coefficient (Wildman–Crippen LogP) is 2.60. The number of hydrogen-bond donors (Lipinski definition) is 3. The molecule has 0 saturated carbocycles. The fourth-order valence-corrected chi connectivity index (χ4v) is 1.93. The summed E-state index contributed by atoms with van der Waals surface area (Å²) in [6, 6.07) is 10.2. The number of hydrogen-bond acceptors (Lipinski definition) is 5. The van der Waals surface area contributed by atoms with E-state index in [1.165, 1.54) is 0 Å². The summed E-state index contributed by atoms with van der Waals surface area (Å²) < 4.78 is 5.69. The molecule has 0 fully saturated rings. The van der Waals surface area contributed by atoms with Gasteiger partial charge >= 0.3 is 0 Å². The highest BCUT2D eigenvalue weighted by molar-refractivity contribution is 5.78. The van der Waals surface area contributed by atoms with E-state index in [1.807, 2.05) is 13.8 Å². The van der Waals surface area contributed by atoms with Gasteiger partial charge in [0.15, 0.2) is 0 Å². The van der Waals surface area contributed by atoms with Crippen molar-refractivity contribution in [3.05, 3.63) is 42.0 Å². The van der Waals surface area contributed by atoms with Gasteiger partial charge in [0, 0.05) is 11.6 Å². The van der Waals surface area contributed by atoms with Crippen LogP contribution in [-0.2, 0) is 4.79 Å². The van der Waals surface area contributed by atoms with Crippen molar-refractivity contribution in [2.24, 2.45) is 5.73 Å². The first-order valence-electron chi connectivity index (χ1n) is 6.95. The monoisotopic (exact) mass is 301 g/mol. The number of aromatic nitrogens is 1. The molecule has 0 bridgehead atoms. The van der Waals surface area contributed by atoms with Crippen molar-refractivity contribution in [1.82, 2.24) is 4.98 Å². The predicted molar refractivity (Wildman–Crippen MR) is 84.2 cm³/mol. The molecule has 0 atom stereocenters. The van der Waals surface area contributed by atoms with Crippen molar-refractivity contribution in [2.45, 2.75) is 19.8 Å². The standard InChI is InChI=1S/C16H19N3O3/c1-10(2)12-8-11(6-7-13(12)20)22-16-5-3-4-15(19-16)18-9-14(17)21/h3-8,10,20H,9H2,1-2H3,(H2,17,21)(H,18,19). The SMILES string of the molecule is CC(C)c1cc(Oc2cccc(NCC(N)=O)n2)ccc1O. The van der Waals surface area contributed by atoms with Crippen LogP contribution in [-0.4, -0.2) is 22.5 Å². The maximum atomic E-state index is 10.8. The number of anilines is 1. The van der Waals surface area contributed by atoms with Crippen molar-refractivity contribution < 1.29 is 14.6 Å². The number of rotatable bonds is 6. The van der Waals surface area contributed by atoms with Gasteiger partial charge in [-0.1, -0.05) is 19.9 Å². The second-order valence-electron chi connectivity index (χ2n) is 5.16. The summed E-state index contributed by atoms with van der Waals surface area (Å²) in [7, 11) is 0. The third kappa shape index (κ3) is 4.12. The Bertz CT molecular complexity index is 671. The van der Waals surface area contributed by atoms with Crippen LogP contribution >= 0.6 is 0 Å². The number of nitrogens with two attached hydrogens (primary N) is 1. The molecule has 0 aliphatic carbocycles. The zero-order valence-electron chi connectivity index (χ0n) is 12.5. The second-order valence-corrected chi connectivity index (χ2v) is 5.16. The lowest BCUT2D eigenvalue weighted by atomic mass is 10.0. The van der Waals surface area contributed by atoms with E-state index in [0.29, 0.717) is 17.4 Å². The van der Waals surface area contributed by atoms with Crippen LogP contribution in [0.25, 0.3) is 0 Å². The molecule has 6 nitrogen and oxygen atoms in total. The zero-order chi connectivity index (χ0) is 16.1. The van der Waals surface area contributed by atoms with Crippen LogP contribution < -0.4 is 15.8 Å². The molecule has 2 aromatic rings. The highest BCUT2D eigenvalue weighted by atomic mass is 16.5. The van der Waals surface area contributed by atoms with Crippen LogP contribution in [0.5, 0.6) is 17.4 Å². The molecule has 0 aliphatic rings. The summed E-state index contributed by atoms with van der Waals surface area (Å²) in [6.07, 6.45) is 0. The van der Waals surface area contributed by atoms with Crippen LogP contribution in [0, 0.1) is 0 Å². The zero-order valence-corrected chi connectivity index (χ0v) is 12.5. The van der Waals surface area contributed by atoms with Crippen molar-refractivity contribution in [2.75, 3.05) is 11.9 Å². The Morgan fingerprint density at radius 3 is 2.82 bits per heavy atom. The quantitative estimate of drug-likeness (QED) is 0.762. The van der Waals surface area contributed by atoms with Gasteiger partial charge in [-0.25, -0.2) is 0 Å². The topological polar surface area (TPSA) is 97.5 Å². The number of pyridine rings is 1. The number of phenolic OH excluding ortho intramolecular Hbond substituents is 1. The van der Waals surface area contributed by atoms with Gasteiger partial charge in [0.1, 0.15) is 17.3 Å². The smallest absolute Gasteiger partial charge is 0.236 e. The van der Waals surface area contributed by atoms with Crippen molar-refractivity contribution in [3.63, 3.8) is 0 Å². The summed E-state index contributed by atoms with van der Waals surface area (Å²) >= 11 is 0. The minimum Gasteiger partial charge on any atom is -0.508 e. The molecule has 1 aromatic carbocycles. The van der Waals surface area contributed by atoms with Crippen molar-refractivity contribution in [1.29, 1.82) is 0 Å². The van der Waals surface area contributed by atoms with E-state index in [1.54, 1.807) is 36.4 Å². The minimum atomic E-state index is -0.465. The number of primary amides is 1. The first-order chi connectivity index (χ1) is 10.5. The van der Waals surface area contributed by atoms with Crippen molar-refractivity contribution >= 4 is 11.7 Å². The first-order valence-corrected chi connectivity index (χ1v) is 6.95. The van der Waals surface area contributed by atoms with Gasteiger partial charge in [-0.2, -0.15) is 4.98 Å². The summed E-state index contributed by atoms with van der Waals surface area (Å²) in [4.78, 5) is 15.0. The summed E-state index contributed by atoms with van der Waals surface area (Å²) in [5.41, 5.74) is 5.88. The molecule has 0 unspecified atom stereocenters. The minimum absolute atomic E-state index is 0.00710. The molecule has 1 amide bonds. The highest BCUT2D eigenvalue weighted by Gasteiger charge is 2.09. The first kappa shape index (κ1) is 15.6. The number of carbonyl (C=O) groups is 1. The molecule has 0 spiro atoms. The van der Waals surface area contributed by atoms with Gasteiger partial charge in [0.25, 0.3) is 0 Å². The molecule has 6 heteroatoms. The molecular formula is C16H19N3O3. The Morgan fingerprint density at radius 1 is 1.36 bits per heavy atom. The summed E-state index contributed by atoms with van der Waals surface area (Å²) in [6.45, 7) is 3.99. The lowest BCUT2D eigenvalue weighted by Crippen LogP contribution is -2.22. The maximum absolute atomic E-state index is 10.8. The van der Waals surface area contributed by atoms with E-state index < -0.39 is 5.91 Å². The Balaban J connectivity index is 2.15. The van der Waals surface area contributed by atoms with Crippen LogP contribution in [0.15, 0.2) is 36.4 Å². The Hall–Kier alpha value is -2.76. The van der Waals surface area contributed by atoms with E-state index in [2.05, 4.69) is 10.3 Å². The van der Waals surface area contributed by atoms with Gasteiger partial charge < -0.3 is 20.9 Å². The van der Waals surface area contributed by atoms with E-state index in [-0.39, 0.29) is 18.2 Å². The van der Waals surface area contributed by atoms with E-state index >= 15 is 0 Å². The molecule has 0 saturated heterocycles. The fourth-order valence-electron chi connectivity index (χ4n) is 1.93. The molecule has 116 valence electrons. The third-order valence-corrected chi connectivity index (χ3v) is 3.01. The summed E-state index contributed by atoms with van der Waals surface area (Å²) in [5.74, 6) is 1.43. The van der Waals surface area contributed by atoms with Crippen LogP contribution in [0.4, 0.5) is 5.82 Å². The molecule has 1 heterocycles. The molecular weight excluding hydrogens is 282 g/mol. The van der Waals surface area contributed by atoms with Gasteiger partial charge in [-0.3, -0.25) is 4.79 Å². The normalized spacial score (nSPS) is 10.5. The highest BCUT2D eigenvalue weighted by Crippen LogP contribution is 2.31.